The van der Waals surface area contributed by atoms with Gasteiger partial charge < -0.3 is 120 Å². The third-order valence-electron chi connectivity index (χ3n) is 3.13. The Kier molecular flexibility index (Phi) is 40.2. The predicted octanol–water partition coefficient (Wildman–Crippen LogP) is -19.9. The molecule has 43 heavy (non-hydrogen) atoms. The van der Waals surface area contributed by atoms with E-state index in [-0.39, 0.29) is 116 Å². The van der Waals surface area contributed by atoms with Crippen molar-refractivity contribution in [3.63, 3.8) is 0 Å². The molecule has 0 aromatic rings. The zero-order valence-electron chi connectivity index (χ0n) is 20.6. The Labute approximate surface area is 328 Å². The molecular weight excluding hydrogens is 849 g/mol. The van der Waals surface area contributed by atoms with E-state index in [9.17, 15) is 79.2 Å². The minimum Gasteiger partial charge on any atom is -0.547 e. The average molecular weight is 865 g/mol. The zero-order valence-corrected chi connectivity index (χ0v) is 30.1. The summed E-state index contributed by atoms with van der Waals surface area (Å²) >= 11 is 0. The number of aliphatic carboxylic acids is 8. The van der Waals surface area contributed by atoms with Gasteiger partial charge >= 0.3 is 116 Å². The molecule has 27 heteroatoms. The summed E-state index contributed by atoms with van der Waals surface area (Å²) in [5.74, 6) is -16.5. The maximum absolute atomic E-state index is 9.63. The summed E-state index contributed by atoms with van der Waals surface area (Å²) in [6.45, 7) is 0. The first-order chi connectivity index (χ1) is 17.9. The van der Waals surface area contributed by atoms with E-state index in [0.717, 1.165) is 0 Å². The summed E-state index contributed by atoms with van der Waals surface area (Å²) in [5, 5.41) is 143. The number of aliphatic hydroxyl groups excluding tert-OH is 8. The molecule has 8 N–H and O–H groups in total. The van der Waals surface area contributed by atoms with Gasteiger partial charge in [-0.1, -0.05) is 0 Å². The van der Waals surface area contributed by atoms with E-state index < -0.39 is 96.6 Å². The second-order valence-electron chi connectivity index (χ2n) is 6.11. The Morgan fingerprint density at radius 3 is 0.372 bits per heavy atom. The maximum Gasteiger partial charge on any atom is 4.00 e. The van der Waals surface area contributed by atoms with E-state index in [1.807, 2.05) is 0 Å². The van der Waals surface area contributed by atoms with Crippen molar-refractivity contribution in [2.75, 3.05) is 0 Å². The molecule has 0 aliphatic rings. The molecule has 0 amide bonds. The SMILES string of the molecule is O=C([O-])C(O)C(O)C(=O)[O-].O=C([O-])C(O)C(O)C(=O)[O-].O=C([O-])C(O)C(O)C(=O)[O-].O=C([O-])C(O)C(O)C(=O)[O-].[Ba+2].[Sr+2].[Ti+4]. The molecular formula is C16H16BaO24SrTi. The number of carbonyl (C=O) groups is 8. The normalized spacial score (nSPS) is 14.7. The second kappa shape index (κ2) is 29.9. The number of carbonyl (C=O) groups excluding carboxylic acids is 8. The van der Waals surface area contributed by atoms with Crippen molar-refractivity contribution in [2.24, 2.45) is 0 Å². The van der Waals surface area contributed by atoms with E-state index in [2.05, 4.69) is 0 Å². The van der Waals surface area contributed by atoms with Crippen LogP contribution in [0.2, 0.25) is 0 Å². The summed E-state index contributed by atoms with van der Waals surface area (Å²) in [7, 11) is 0. The van der Waals surface area contributed by atoms with Crippen LogP contribution in [-0.4, -0.2) is 232 Å². The molecule has 0 bridgehead atoms. The second-order valence-corrected chi connectivity index (χ2v) is 6.11. The molecule has 0 saturated carbocycles. The fraction of sp³-hybridized carbons (Fsp3) is 0.500. The van der Waals surface area contributed by atoms with Crippen LogP contribution >= 0.6 is 0 Å². The molecule has 0 heterocycles. The minimum absolute atomic E-state index is 0. The van der Waals surface area contributed by atoms with Crippen LogP contribution in [-0.2, 0) is 60.1 Å². The van der Waals surface area contributed by atoms with Gasteiger partial charge in [0.2, 0.25) is 0 Å². The van der Waals surface area contributed by atoms with E-state index in [1.165, 1.54) is 0 Å². The first kappa shape index (κ1) is 57.8. The van der Waals surface area contributed by atoms with E-state index >= 15 is 0 Å². The van der Waals surface area contributed by atoms with Crippen LogP contribution in [0.15, 0.2) is 0 Å². The van der Waals surface area contributed by atoms with Crippen molar-refractivity contribution >= 4 is 142 Å². The molecule has 8 unspecified atom stereocenters. The Balaban J connectivity index is -0.0000000785. The van der Waals surface area contributed by atoms with Crippen molar-refractivity contribution in [2.45, 2.75) is 48.8 Å². The summed E-state index contributed by atoms with van der Waals surface area (Å²) in [4.78, 5) is 77.1. The van der Waals surface area contributed by atoms with E-state index in [4.69, 9.17) is 40.9 Å². The Bertz CT molecular complexity index is 700. The quantitative estimate of drug-likeness (QED) is 0.0844. The summed E-state index contributed by atoms with van der Waals surface area (Å²) in [5.41, 5.74) is 0. The van der Waals surface area contributed by atoms with Crippen LogP contribution in [0.5, 0.6) is 0 Å². The van der Waals surface area contributed by atoms with Gasteiger partial charge in [0.25, 0.3) is 0 Å². The molecule has 0 aromatic carbocycles. The number of rotatable bonds is 12. The first-order valence-corrected chi connectivity index (χ1v) is 8.97. The zero-order chi connectivity index (χ0) is 33.2. The molecule has 0 aliphatic heterocycles. The van der Waals surface area contributed by atoms with Crippen LogP contribution in [0.4, 0.5) is 0 Å². The standard InChI is InChI=1S/4C4H6O6.Ba.Sr.Ti/c4*5-1(3(7)8)2(6)4(9)10;;;/h4*1-2,5-6H,(H,7,8)(H,9,10);;;/q;;;;2*+2;+4/p-8. The molecule has 0 aliphatic carbocycles. The van der Waals surface area contributed by atoms with Crippen molar-refractivity contribution in [3.8, 4) is 0 Å². The largest absolute Gasteiger partial charge is 4.00 e. The maximum atomic E-state index is 9.63. The van der Waals surface area contributed by atoms with Crippen molar-refractivity contribution < 1.29 is 142 Å². The van der Waals surface area contributed by atoms with Crippen molar-refractivity contribution in [1.29, 1.82) is 0 Å². The molecule has 0 radical (unpaired) electrons. The third kappa shape index (κ3) is 28.4. The smallest absolute Gasteiger partial charge is 0.547 e. The van der Waals surface area contributed by atoms with Gasteiger partial charge in [0, 0.05) is 0 Å². The van der Waals surface area contributed by atoms with Crippen LogP contribution in [0.1, 0.15) is 0 Å². The van der Waals surface area contributed by atoms with Crippen molar-refractivity contribution in [3.05, 3.63) is 0 Å². The number of hydrogen-bond donors (Lipinski definition) is 8. The predicted molar refractivity (Wildman–Crippen MR) is 99.6 cm³/mol. The Hall–Kier alpha value is -0.794. The number of hydrogen-bond acceptors (Lipinski definition) is 24. The minimum atomic E-state index is -2.44. The van der Waals surface area contributed by atoms with Gasteiger partial charge in [0.1, 0.15) is 48.8 Å². The van der Waals surface area contributed by atoms with E-state index in [1.54, 1.807) is 0 Å². The Morgan fingerprint density at radius 1 is 0.302 bits per heavy atom. The average Bonchev–Trinajstić information content (AvgIpc) is 2.85. The summed E-state index contributed by atoms with van der Waals surface area (Å²) in [6.07, 6.45) is -19.5. The van der Waals surface area contributed by atoms with Gasteiger partial charge in [-0.3, -0.25) is 0 Å². The molecule has 0 spiro atoms. The fourth-order valence-corrected chi connectivity index (χ4v) is 1.03. The van der Waals surface area contributed by atoms with Crippen molar-refractivity contribution in [1.82, 2.24) is 0 Å². The van der Waals surface area contributed by atoms with Gasteiger partial charge in [0.05, 0.1) is 47.8 Å². The monoisotopic (exact) mass is 866 g/mol. The molecule has 24 nitrogen and oxygen atoms in total. The van der Waals surface area contributed by atoms with Crippen LogP contribution in [0.3, 0.4) is 0 Å². The van der Waals surface area contributed by atoms with Crippen LogP contribution < -0.4 is 40.9 Å². The number of aliphatic hydroxyl groups is 8. The Morgan fingerprint density at radius 2 is 0.349 bits per heavy atom. The molecule has 0 saturated heterocycles. The number of carboxylic acid groups (broad SMARTS) is 8. The summed E-state index contributed by atoms with van der Waals surface area (Å²) in [6, 6.07) is 0. The number of carboxylic acids is 8. The first-order valence-electron chi connectivity index (χ1n) is 8.97. The van der Waals surface area contributed by atoms with Gasteiger partial charge in [0.15, 0.2) is 0 Å². The topological polar surface area (TPSA) is 483 Å². The molecule has 0 rings (SSSR count). The van der Waals surface area contributed by atoms with Gasteiger partial charge in [-0.15, -0.1) is 0 Å². The molecule has 0 aromatic heterocycles. The molecule has 0 fully saturated rings. The van der Waals surface area contributed by atoms with Gasteiger partial charge in [-0.05, 0) is 0 Å². The van der Waals surface area contributed by atoms with Gasteiger partial charge in [-0.2, -0.15) is 0 Å². The van der Waals surface area contributed by atoms with E-state index in [0.29, 0.717) is 0 Å². The van der Waals surface area contributed by atoms with Crippen LogP contribution in [0, 0.1) is 0 Å². The molecule has 232 valence electrons. The molecule has 8 atom stereocenters. The third-order valence-corrected chi connectivity index (χ3v) is 3.13. The summed E-state index contributed by atoms with van der Waals surface area (Å²) < 4.78 is 0. The van der Waals surface area contributed by atoms with Crippen LogP contribution in [0.25, 0.3) is 0 Å². The fourth-order valence-electron chi connectivity index (χ4n) is 1.03. The van der Waals surface area contributed by atoms with Gasteiger partial charge in [-0.25, -0.2) is 0 Å².